The SMILES string of the molecule is NC1OCCN1N. The zero-order chi connectivity index (χ0) is 5.28. The van der Waals surface area contributed by atoms with Crippen LogP contribution in [-0.4, -0.2) is 24.5 Å². The second-order valence-corrected chi connectivity index (χ2v) is 1.50. The van der Waals surface area contributed by atoms with Crippen molar-refractivity contribution in [2.45, 2.75) is 6.35 Å². The summed E-state index contributed by atoms with van der Waals surface area (Å²) in [7, 11) is 0. The predicted molar refractivity (Wildman–Crippen MR) is 24.8 cm³/mol. The van der Waals surface area contributed by atoms with Gasteiger partial charge in [-0.3, -0.25) is 11.6 Å². The van der Waals surface area contributed by atoms with Crippen molar-refractivity contribution in [1.29, 1.82) is 0 Å². The maximum Gasteiger partial charge on any atom is 0.175 e. The second kappa shape index (κ2) is 1.75. The van der Waals surface area contributed by atoms with E-state index in [2.05, 4.69) is 0 Å². The van der Waals surface area contributed by atoms with Crippen molar-refractivity contribution in [3.8, 4) is 0 Å². The van der Waals surface area contributed by atoms with Crippen LogP contribution in [-0.2, 0) is 4.74 Å². The number of hydrogen-bond donors (Lipinski definition) is 2. The fourth-order valence-corrected chi connectivity index (χ4v) is 0.502. The van der Waals surface area contributed by atoms with Gasteiger partial charge < -0.3 is 4.74 Å². The molecular formula is C3H9N3O. The van der Waals surface area contributed by atoms with Crippen molar-refractivity contribution in [2.24, 2.45) is 11.6 Å². The summed E-state index contributed by atoms with van der Waals surface area (Å²) in [5.74, 6) is 5.26. The Hall–Kier alpha value is -0.160. The van der Waals surface area contributed by atoms with E-state index in [1.807, 2.05) is 0 Å². The van der Waals surface area contributed by atoms with Gasteiger partial charge in [0.2, 0.25) is 0 Å². The first-order valence-corrected chi connectivity index (χ1v) is 2.19. The molecule has 4 heteroatoms. The third-order valence-corrected chi connectivity index (χ3v) is 0.965. The fourth-order valence-electron chi connectivity index (χ4n) is 0.502. The molecule has 0 saturated carbocycles. The molecule has 4 N–H and O–H groups in total. The summed E-state index contributed by atoms with van der Waals surface area (Å²) in [5, 5.41) is 1.46. The number of nitrogens with zero attached hydrogens (tertiary/aromatic N) is 1. The van der Waals surface area contributed by atoms with E-state index in [0.29, 0.717) is 6.61 Å². The Morgan fingerprint density at radius 3 is 2.57 bits per heavy atom. The van der Waals surface area contributed by atoms with Gasteiger partial charge in [0, 0.05) is 6.54 Å². The molecule has 1 heterocycles. The standard InChI is InChI=1S/C3H9N3O/c4-3-6(5)1-2-7-3/h3H,1-2,4-5H2. The van der Waals surface area contributed by atoms with Crippen LogP contribution in [0.25, 0.3) is 0 Å². The van der Waals surface area contributed by atoms with E-state index in [1.54, 1.807) is 0 Å². The van der Waals surface area contributed by atoms with Gasteiger partial charge in [-0.2, -0.15) is 0 Å². The van der Waals surface area contributed by atoms with E-state index >= 15 is 0 Å². The molecule has 0 aromatic carbocycles. The predicted octanol–water partition coefficient (Wildman–Crippen LogP) is -1.57. The van der Waals surface area contributed by atoms with Gasteiger partial charge in [-0.25, -0.2) is 5.01 Å². The molecule has 42 valence electrons. The highest BCUT2D eigenvalue weighted by molar-refractivity contribution is 4.55. The summed E-state index contributed by atoms with van der Waals surface area (Å²) in [6.07, 6.45) is -0.375. The second-order valence-electron chi connectivity index (χ2n) is 1.50. The largest absolute Gasteiger partial charge is 0.347 e. The van der Waals surface area contributed by atoms with Crippen molar-refractivity contribution in [2.75, 3.05) is 13.2 Å². The van der Waals surface area contributed by atoms with Gasteiger partial charge in [0.05, 0.1) is 6.61 Å². The first kappa shape index (κ1) is 4.99. The Balaban J connectivity index is 2.33. The van der Waals surface area contributed by atoms with Gasteiger partial charge in [-0.05, 0) is 0 Å². The number of ether oxygens (including phenoxy) is 1. The van der Waals surface area contributed by atoms with E-state index in [1.165, 1.54) is 5.01 Å². The van der Waals surface area contributed by atoms with Crippen molar-refractivity contribution >= 4 is 0 Å². The first-order chi connectivity index (χ1) is 3.30. The molecule has 1 fully saturated rings. The zero-order valence-corrected chi connectivity index (χ0v) is 4.00. The van der Waals surface area contributed by atoms with Gasteiger partial charge in [0.15, 0.2) is 6.35 Å². The molecule has 0 spiro atoms. The third kappa shape index (κ3) is 0.889. The minimum atomic E-state index is -0.375. The third-order valence-electron chi connectivity index (χ3n) is 0.965. The summed E-state index contributed by atoms with van der Waals surface area (Å²) < 4.78 is 4.84. The van der Waals surface area contributed by atoms with Crippen LogP contribution in [0.1, 0.15) is 0 Å². The van der Waals surface area contributed by atoms with Crippen LogP contribution in [0.3, 0.4) is 0 Å². The minimum Gasteiger partial charge on any atom is -0.347 e. The number of rotatable bonds is 0. The lowest BCUT2D eigenvalue weighted by molar-refractivity contribution is 0.0394. The fraction of sp³-hybridized carbons (Fsp3) is 1.00. The number of nitrogens with two attached hydrogens (primary N) is 2. The van der Waals surface area contributed by atoms with Gasteiger partial charge in [0.25, 0.3) is 0 Å². The molecule has 1 aliphatic heterocycles. The topological polar surface area (TPSA) is 64.5 Å². The molecule has 0 aromatic heterocycles. The average molecular weight is 103 g/mol. The van der Waals surface area contributed by atoms with Crippen molar-refractivity contribution in [3.63, 3.8) is 0 Å². The summed E-state index contributed by atoms with van der Waals surface area (Å²) in [4.78, 5) is 0. The Kier molecular flexibility index (Phi) is 1.25. The molecule has 0 aromatic rings. The molecule has 1 unspecified atom stereocenters. The lowest BCUT2D eigenvalue weighted by Crippen LogP contribution is -2.42. The molecule has 1 rings (SSSR count). The van der Waals surface area contributed by atoms with Gasteiger partial charge in [-0.15, -0.1) is 0 Å². The molecular weight excluding hydrogens is 94.1 g/mol. The maximum atomic E-state index is 5.26. The van der Waals surface area contributed by atoms with E-state index in [-0.39, 0.29) is 6.35 Å². The molecule has 7 heavy (non-hydrogen) atoms. The quantitative estimate of drug-likeness (QED) is 0.364. The molecule has 4 nitrogen and oxygen atoms in total. The highest BCUT2D eigenvalue weighted by atomic mass is 16.5. The van der Waals surface area contributed by atoms with Gasteiger partial charge in [-0.1, -0.05) is 0 Å². The van der Waals surface area contributed by atoms with Crippen molar-refractivity contribution in [3.05, 3.63) is 0 Å². The highest BCUT2D eigenvalue weighted by Gasteiger charge is 2.16. The van der Waals surface area contributed by atoms with E-state index in [0.717, 1.165) is 6.54 Å². The molecule has 0 bridgehead atoms. The molecule has 0 amide bonds. The van der Waals surface area contributed by atoms with Crippen LogP contribution in [0.2, 0.25) is 0 Å². The Morgan fingerprint density at radius 1 is 1.71 bits per heavy atom. The van der Waals surface area contributed by atoms with Gasteiger partial charge in [0.1, 0.15) is 0 Å². The van der Waals surface area contributed by atoms with E-state index in [9.17, 15) is 0 Å². The smallest absolute Gasteiger partial charge is 0.175 e. The zero-order valence-electron chi connectivity index (χ0n) is 4.00. The number of hydrazine groups is 1. The van der Waals surface area contributed by atoms with Crippen LogP contribution >= 0.6 is 0 Å². The first-order valence-electron chi connectivity index (χ1n) is 2.19. The highest BCUT2D eigenvalue weighted by Crippen LogP contribution is 1.95. The van der Waals surface area contributed by atoms with Crippen LogP contribution in [0, 0.1) is 0 Å². The lowest BCUT2D eigenvalue weighted by atomic mass is 10.7. The van der Waals surface area contributed by atoms with Gasteiger partial charge >= 0.3 is 0 Å². The average Bonchev–Trinajstić information content (AvgIpc) is 1.91. The maximum absolute atomic E-state index is 5.26. The summed E-state index contributed by atoms with van der Waals surface area (Å²) in [5.41, 5.74) is 5.26. The monoisotopic (exact) mass is 103 g/mol. The van der Waals surface area contributed by atoms with Crippen molar-refractivity contribution in [1.82, 2.24) is 5.01 Å². The molecule has 1 aliphatic rings. The normalized spacial score (nSPS) is 34.3. The Morgan fingerprint density at radius 2 is 2.43 bits per heavy atom. The summed E-state index contributed by atoms with van der Waals surface area (Å²) in [6.45, 7) is 1.39. The van der Waals surface area contributed by atoms with E-state index in [4.69, 9.17) is 16.3 Å². The van der Waals surface area contributed by atoms with Crippen LogP contribution in [0.15, 0.2) is 0 Å². The van der Waals surface area contributed by atoms with Crippen LogP contribution in [0.4, 0.5) is 0 Å². The molecule has 1 saturated heterocycles. The Bertz CT molecular complexity index is 59.2. The Labute approximate surface area is 42.0 Å². The van der Waals surface area contributed by atoms with Crippen molar-refractivity contribution < 1.29 is 4.74 Å². The molecule has 0 aliphatic carbocycles. The summed E-state index contributed by atoms with van der Waals surface area (Å²) >= 11 is 0. The molecule has 0 radical (unpaired) electrons. The molecule has 1 atom stereocenters. The van der Waals surface area contributed by atoms with Crippen LogP contribution < -0.4 is 11.6 Å². The lowest BCUT2D eigenvalue weighted by Gasteiger charge is -2.09. The summed E-state index contributed by atoms with van der Waals surface area (Å²) in [6, 6.07) is 0. The minimum absolute atomic E-state index is 0.375. The van der Waals surface area contributed by atoms with E-state index < -0.39 is 0 Å². The van der Waals surface area contributed by atoms with Crippen LogP contribution in [0.5, 0.6) is 0 Å². The number of hydrogen-bond acceptors (Lipinski definition) is 4.